The van der Waals surface area contributed by atoms with Gasteiger partial charge in [0.15, 0.2) is 17.5 Å². The van der Waals surface area contributed by atoms with Gasteiger partial charge in [0.1, 0.15) is 0 Å². The van der Waals surface area contributed by atoms with Crippen molar-refractivity contribution >= 4 is 0 Å². The third-order valence-electron chi connectivity index (χ3n) is 9.76. The average molecular weight is 690 g/mol. The van der Waals surface area contributed by atoms with Gasteiger partial charge >= 0.3 is 0 Å². The van der Waals surface area contributed by atoms with E-state index in [-0.39, 0.29) is 0 Å². The summed E-state index contributed by atoms with van der Waals surface area (Å²) in [7, 11) is 0. The first-order valence-corrected chi connectivity index (χ1v) is 18.2. The molecule has 1 heterocycles. The van der Waals surface area contributed by atoms with Crippen LogP contribution in [0.1, 0.15) is 0 Å². The predicted molar refractivity (Wildman–Crippen MR) is 223 cm³/mol. The van der Waals surface area contributed by atoms with Gasteiger partial charge in [-0.3, -0.25) is 0 Å². The lowest BCUT2D eigenvalue weighted by Gasteiger charge is -2.16. The summed E-state index contributed by atoms with van der Waals surface area (Å²) >= 11 is 0. The van der Waals surface area contributed by atoms with Gasteiger partial charge in [0.2, 0.25) is 0 Å². The van der Waals surface area contributed by atoms with Crippen molar-refractivity contribution in [3.8, 4) is 89.8 Å². The van der Waals surface area contributed by atoms with Gasteiger partial charge in [-0.25, -0.2) is 15.0 Å². The van der Waals surface area contributed by atoms with E-state index in [4.69, 9.17) is 15.0 Å². The largest absolute Gasteiger partial charge is 0.208 e. The Kier molecular flexibility index (Phi) is 8.94. The summed E-state index contributed by atoms with van der Waals surface area (Å²) < 4.78 is 0. The standard InChI is InChI=1S/C51H35N3/c1-5-16-36(17-6-1)38-30-32-39(33-31-38)43-25-14-27-45(35-43)50-52-49(44-26-13-24-42(34-44)37-18-7-2-8-19-37)53-51(54-50)47-29-15-28-46(40-20-9-3-10-21-40)48(47)41-22-11-4-12-23-41/h1-35H. The van der Waals surface area contributed by atoms with Crippen LogP contribution < -0.4 is 0 Å². The fourth-order valence-electron chi connectivity index (χ4n) is 7.06. The summed E-state index contributed by atoms with van der Waals surface area (Å²) in [5.41, 5.74) is 14.1. The lowest BCUT2D eigenvalue weighted by atomic mass is 9.90. The molecule has 0 N–H and O–H groups in total. The number of rotatable bonds is 8. The molecule has 0 saturated carbocycles. The summed E-state index contributed by atoms with van der Waals surface area (Å²) in [6.07, 6.45) is 0. The van der Waals surface area contributed by atoms with E-state index in [2.05, 4.69) is 200 Å². The maximum absolute atomic E-state index is 5.27. The van der Waals surface area contributed by atoms with Crippen LogP contribution in [0.25, 0.3) is 89.8 Å². The minimum Gasteiger partial charge on any atom is -0.208 e. The zero-order chi connectivity index (χ0) is 36.1. The fraction of sp³-hybridized carbons (Fsp3) is 0. The molecule has 254 valence electrons. The van der Waals surface area contributed by atoms with Gasteiger partial charge in [-0.2, -0.15) is 0 Å². The smallest absolute Gasteiger partial charge is 0.164 e. The highest BCUT2D eigenvalue weighted by molar-refractivity contribution is 5.93. The van der Waals surface area contributed by atoms with Crippen molar-refractivity contribution in [2.75, 3.05) is 0 Å². The monoisotopic (exact) mass is 689 g/mol. The molecule has 0 aliphatic carbocycles. The number of hydrogen-bond acceptors (Lipinski definition) is 3. The third kappa shape index (κ3) is 6.74. The van der Waals surface area contributed by atoms with Crippen LogP contribution in [0.2, 0.25) is 0 Å². The maximum atomic E-state index is 5.27. The minimum absolute atomic E-state index is 0.618. The van der Waals surface area contributed by atoms with Crippen LogP contribution in [0.5, 0.6) is 0 Å². The highest BCUT2D eigenvalue weighted by Crippen LogP contribution is 2.40. The quantitative estimate of drug-likeness (QED) is 0.159. The first-order chi connectivity index (χ1) is 26.8. The highest BCUT2D eigenvalue weighted by atomic mass is 15.0. The molecule has 0 aliphatic rings. The molecule has 8 aromatic carbocycles. The van der Waals surface area contributed by atoms with E-state index < -0.39 is 0 Å². The van der Waals surface area contributed by atoms with Crippen molar-refractivity contribution in [1.82, 2.24) is 15.0 Å². The molecule has 0 bridgehead atoms. The Labute approximate surface area is 316 Å². The molecule has 0 fully saturated rings. The van der Waals surface area contributed by atoms with Crippen LogP contribution in [-0.4, -0.2) is 15.0 Å². The van der Waals surface area contributed by atoms with E-state index in [0.29, 0.717) is 17.5 Å². The van der Waals surface area contributed by atoms with Gasteiger partial charge in [0, 0.05) is 22.3 Å². The molecule has 0 spiro atoms. The Morgan fingerprint density at radius 3 is 1.06 bits per heavy atom. The second-order valence-corrected chi connectivity index (χ2v) is 13.2. The van der Waals surface area contributed by atoms with Gasteiger partial charge in [0.05, 0.1) is 0 Å². The second-order valence-electron chi connectivity index (χ2n) is 13.2. The first-order valence-electron chi connectivity index (χ1n) is 18.2. The van der Waals surface area contributed by atoms with E-state index in [1.54, 1.807) is 0 Å². The molecule has 0 radical (unpaired) electrons. The molecule has 3 heteroatoms. The second kappa shape index (κ2) is 14.8. The Morgan fingerprint density at radius 1 is 0.204 bits per heavy atom. The average Bonchev–Trinajstić information content (AvgIpc) is 3.27. The molecule has 0 atom stereocenters. The van der Waals surface area contributed by atoms with Crippen LogP contribution in [-0.2, 0) is 0 Å². The zero-order valence-electron chi connectivity index (χ0n) is 29.5. The third-order valence-corrected chi connectivity index (χ3v) is 9.76. The Hall–Kier alpha value is -7.23. The highest BCUT2D eigenvalue weighted by Gasteiger charge is 2.19. The van der Waals surface area contributed by atoms with Crippen molar-refractivity contribution in [2.45, 2.75) is 0 Å². The number of benzene rings is 8. The first kappa shape index (κ1) is 32.7. The number of aromatic nitrogens is 3. The van der Waals surface area contributed by atoms with Crippen molar-refractivity contribution in [3.63, 3.8) is 0 Å². The Balaban J connectivity index is 1.22. The molecule has 3 nitrogen and oxygen atoms in total. The van der Waals surface area contributed by atoms with Crippen LogP contribution in [0.3, 0.4) is 0 Å². The molecule has 9 rings (SSSR count). The molecule has 9 aromatic rings. The normalized spacial score (nSPS) is 11.0. The fourth-order valence-corrected chi connectivity index (χ4v) is 7.06. The van der Waals surface area contributed by atoms with Gasteiger partial charge in [0.25, 0.3) is 0 Å². The number of nitrogens with zero attached hydrogens (tertiary/aromatic N) is 3. The molecule has 0 unspecified atom stereocenters. The molecular weight excluding hydrogens is 655 g/mol. The summed E-state index contributed by atoms with van der Waals surface area (Å²) in [5.74, 6) is 1.86. The van der Waals surface area contributed by atoms with Crippen molar-refractivity contribution < 1.29 is 0 Å². The molecule has 0 aliphatic heterocycles. The van der Waals surface area contributed by atoms with Crippen molar-refractivity contribution in [2.24, 2.45) is 0 Å². The van der Waals surface area contributed by atoms with Gasteiger partial charge in [-0.05, 0) is 62.2 Å². The van der Waals surface area contributed by atoms with E-state index >= 15 is 0 Å². The topological polar surface area (TPSA) is 38.7 Å². The molecular formula is C51H35N3. The predicted octanol–water partition coefficient (Wildman–Crippen LogP) is 13.2. The van der Waals surface area contributed by atoms with Crippen LogP contribution >= 0.6 is 0 Å². The SMILES string of the molecule is c1ccc(-c2ccc(-c3cccc(-c4nc(-c5cccc(-c6ccccc6)c5)nc(-c5cccc(-c6ccccc6)c5-c5ccccc5)n4)c3)cc2)cc1. The molecule has 1 aromatic heterocycles. The van der Waals surface area contributed by atoms with Gasteiger partial charge < -0.3 is 0 Å². The minimum atomic E-state index is 0.618. The summed E-state index contributed by atoms with van der Waals surface area (Å²) in [6.45, 7) is 0. The summed E-state index contributed by atoms with van der Waals surface area (Å²) in [4.78, 5) is 15.7. The van der Waals surface area contributed by atoms with Crippen molar-refractivity contribution in [3.05, 3.63) is 212 Å². The van der Waals surface area contributed by atoms with E-state index in [0.717, 1.165) is 61.2 Å². The van der Waals surface area contributed by atoms with Crippen LogP contribution in [0.15, 0.2) is 212 Å². The Bertz CT molecular complexity index is 2670. The molecule has 0 amide bonds. The summed E-state index contributed by atoms with van der Waals surface area (Å²) in [6, 6.07) is 74.0. The van der Waals surface area contributed by atoms with Gasteiger partial charge in [-0.1, -0.05) is 200 Å². The van der Waals surface area contributed by atoms with Crippen LogP contribution in [0, 0.1) is 0 Å². The molecule has 0 saturated heterocycles. The maximum Gasteiger partial charge on any atom is 0.164 e. The van der Waals surface area contributed by atoms with Gasteiger partial charge in [-0.15, -0.1) is 0 Å². The van der Waals surface area contributed by atoms with E-state index in [1.165, 1.54) is 11.1 Å². The van der Waals surface area contributed by atoms with E-state index in [9.17, 15) is 0 Å². The number of hydrogen-bond donors (Lipinski definition) is 0. The Morgan fingerprint density at radius 2 is 0.537 bits per heavy atom. The molecule has 54 heavy (non-hydrogen) atoms. The van der Waals surface area contributed by atoms with Crippen molar-refractivity contribution in [1.29, 1.82) is 0 Å². The summed E-state index contributed by atoms with van der Waals surface area (Å²) in [5, 5.41) is 0. The lowest BCUT2D eigenvalue weighted by Crippen LogP contribution is -2.02. The van der Waals surface area contributed by atoms with E-state index in [1.807, 2.05) is 12.1 Å². The van der Waals surface area contributed by atoms with Crippen LogP contribution in [0.4, 0.5) is 0 Å². The zero-order valence-corrected chi connectivity index (χ0v) is 29.5. The lowest BCUT2D eigenvalue weighted by molar-refractivity contribution is 1.07.